The molecule has 0 saturated heterocycles. The van der Waals surface area contributed by atoms with Gasteiger partial charge in [0, 0.05) is 12.0 Å². The summed E-state index contributed by atoms with van der Waals surface area (Å²) in [6.07, 6.45) is 8.97. The summed E-state index contributed by atoms with van der Waals surface area (Å²) >= 11 is 0. The largest absolute Gasteiger partial charge is 0.294 e. The summed E-state index contributed by atoms with van der Waals surface area (Å²) in [5.41, 5.74) is 0.880. The van der Waals surface area contributed by atoms with Gasteiger partial charge in [-0.3, -0.25) is 4.79 Å². The van der Waals surface area contributed by atoms with Crippen LogP contribution in [0.3, 0.4) is 0 Å². The molecule has 1 aromatic carbocycles. The van der Waals surface area contributed by atoms with Crippen molar-refractivity contribution in [1.82, 2.24) is 0 Å². The maximum atomic E-state index is 12.0. The fourth-order valence-electron chi connectivity index (χ4n) is 4.02. The summed E-state index contributed by atoms with van der Waals surface area (Å²) in [5.74, 6) is 3.29. The minimum absolute atomic E-state index is 0.318. The zero-order valence-electron chi connectivity index (χ0n) is 11.0. The molecule has 0 aromatic heterocycles. The molecule has 0 amide bonds. The SMILES string of the molecule is O=C(CCCC1CC2CCC1C2)c1ccccc1. The van der Waals surface area contributed by atoms with E-state index in [2.05, 4.69) is 0 Å². The van der Waals surface area contributed by atoms with Crippen LogP contribution in [0.4, 0.5) is 0 Å². The Morgan fingerprint density at radius 2 is 1.94 bits per heavy atom. The van der Waals surface area contributed by atoms with Crippen molar-refractivity contribution in [1.29, 1.82) is 0 Å². The van der Waals surface area contributed by atoms with Crippen LogP contribution in [0.1, 0.15) is 55.3 Å². The first kappa shape index (κ1) is 12.0. The third-order valence-electron chi connectivity index (χ3n) is 4.96. The van der Waals surface area contributed by atoms with Gasteiger partial charge in [0.15, 0.2) is 5.78 Å². The molecule has 96 valence electrons. The lowest BCUT2D eigenvalue weighted by molar-refractivity contribution is 0.0976. The fraction of sp³-hybridized carbons (Fsp3) is 0.588. The van der Waals surface area contributed by atoms with Gasteiger partial charge in [-0.05, 0) is 49.9 Å². The van der Waals surface area contributed by atoms with Crippen molar-refractivity contribution in [2.75, 3.05) is 0 Å². The van der Waals surface area contributed by atoms with E-state index in [1.807, 2.05) is 30.3 Å². The number of benzene rings is 1. The lowest BCUT2D eigenvalue weighted by Gasteiger charge is -2.21. The van der Waals surface area contributed by atoms with Crippen molar-refractivity contribution in [3.8, 4) is 0 Å². The van der Waals surface area contributed by atoms with Crippen LogP contribution in [0.15, 0.2) is 30.3 Å². The van der Waals surface area contributed by atoms with E-state index in [0.717, 1.165) is 36.2 Å². The van der Waals surface area contributed by atoms with Gasteiger partial charge in [-0.1, -0.05) is 36.8 Å². The highest BCUT2D eigenvalue weighted by atomic mass is 16.1. The second kappa shape index (κ2) is 5.26. The molecule has 1 aromatic rings. The highest BCUT2D eigenvalue weighted by Crippen LogP contribution is 2.49. The smallest absolute Gasteiger partial charge is 0.162 e. The highest BCUT2D eigenvalue weighted by molar-refractivity contribution is 5.95. The number of hydrogen-bond donors (Lipinski definition) is 0. The van der Waals surface area contributed by atoms with Gasteiger partial charge in [0.1, 0.15) is 0 Å². The molecular weight excluding hydrogens is 220 g/mol. The first-order valence-electron chi connectivity index (χ1n) is 7.41. The Morgan fingerprint density at radius 1 is 1.11 bits per heavy atom. The van der Waals surface area contributed by atoms with Crippen LogP contribution in [-0.2, 0) is 0 Å². The Labute approximate surface area is 110 Å². The number of carbonyl (C=O) groups excluding carboxylic acids is 1. The Morgan fingerprint density at radius 3 is 2.61 bits per heavy atom. The summed E-state index contributed by atoms with van der Waals surface area (Å²) in [7, 11) is 0. The third kappa shape index (κ3) is 2.50. The number of ketones is 1. The summed E-state index contributed by atoms with van der Waals surface area (Å²) in [6.45, 7) is 0. The minimum Gasteiger partial charge on any atom is -0.294 e. The first-order chi connectivity index (χ1) is 8.83. The third-order valence-corrected chi connectivity index (χ3v) is 4.96. The van der Waals surface area contributed by atoms with Gasteiger partial charge in [-0.15, -0.1) is 0 Å². The van der Waals surface area contributed by atoms with E-state index in [-0.39, 0.29) is 0 Å². The second-order valence-electron chi connectivity index (χ2n) is 6.12. The van der Waals surface area contributed by atoms with Gasteiger partial charge in [0.05, 0.1) is 0 Å². The van der Waals surface area contributed by atoms with Crippen molar-refractivity contribution in [2.24, 2.45) is 17.8 Å². The van der Waals surface area contributed by atoms with E-state index in [4.69, 9.17) is 0 Å². The van der Waals surface area contributed by atoms with Gasteiger partial charge in [-0.2, -0.15) is 0 Å². The minimum atomic E-state index is 0.318. The van der Waals surface area contributed by atoms with Crippen LogP contribution >= 0.6 is 0 Å². The molecule has 2 bridgehead atoms. The summed E-state index contributed by atoms with van der Waals surface area (Å²) < 4.78 is 0. The van der Waals surface area contributed by atoms with Crippen molar-refractivity contribution in [3.63, 3.8) is 0 Å². The number of carbonyl (C=O) groups is 1. The van der Waals surface area contributed by atoms with Gasteiger partial charge >= 0.3 is 0 Å². The predicted octanol–water partition coefficient (Wildman–Crippen LogP) is 4.48. The molecule has 1 heteroatoms. The van der Waals surface area contributed by atoms with E-state index < -0.39 is 0 Å². The molecule has 3 unspecified atom stereocenters. The van der Waals surface area contributed by atoms with Gasteiger partial charge in [0.25, 0.3) is 0 Å². The zero-order valence-corrected chi connectivity index (χ0v) is 11.0. The Balaban J connectivity index is 1.44. The molecule has 18 heavy (non-hydrogen) atoms. The number of hydrogen-bond acceptors (Lipinski definition) is 1. The van der Waals surface area contributed by atoms with Crippen LogP contribution in [0, 0.1) is 17.8 Å². The van der Waals surface area contributed by atoms with Gasteiger partial charge in [0.2, 0.25) is 0 Å². The Hall–Kier alpha value is -1.11. The summed E-state index contributed by atoms with van der Waals surface area (Å²) in [5, 5.41) is 0. The van der Waals surface area contributed by atoms with E-state index >= 15 is 0 Å². The molecule has 0 spiro atoms. The average molecular weight is 242 g/mol. The van der Waals surface area contributed by atoms with E-state index in [9.17, 15) is 4.79 Å². The van der Waals surface area contributed by atoms with Crippen LogP contribution in [-0.4, -0.2) is 5.78 Å². The van der Waals surface area contributed by atoms with Crippen LogP contribution in [0.5, 0.6) is 0 Å². The monoisotopic (exact) mass is 242 g/mol. The van der Waals surface area contributed by atoms with Crippen molar-refractivity contribution in [2.45, 2.75) is 44.9 Å². The molecular formula is C17H22O. The quantitative estimate of drug-likeness (QED) is 0.696. The van der Waals surface area contributed by atoms with Crippen molar-refractivity contribution < 1.29 is 4.79 Å². The topological polar surface area (TPSA) is 17.1 Å². The fourth-order valence-corrected chi connectivity index (χ4v) is 4.02. The molecule has 1 nitrogen and oxygen atoms in total. The normalized spacial score (nSPS) is 29.7. The van der Waals surface area contributed by atoms with Crippen LogP contribution in [0.2, 0.25) is 0 Å². The molecule has 2 fully saturated rings. The molecule has 2 aliphatic rings. The number of fused-ring (bicyclic) bond motifs is 2. The zero-order chi connectivity index (χ0) is 12.4. The van der Waals surface area contributed by atoms with Crippen LogP contribution < -0.4 is 0 Å². The highest BCUT2D eigenvalue weighted by Gasteiger charge is 2.38. The lowest BCUT2D eigenvalue weighted by atomic mass is 9.85. The summed E-state index contributed by atoms with van der Waals surface area (Å²) in [6, 6.07) is 9.72. The van der Waals surface area contributed by atoms with E-state index in [0.29, 0.717) is 5.78 Å². The first-order valence-corrected chi connectivity index (χ1v) is 7.41. The summed E-state index contributed by atoms with van der Waals surface area (Å²) in [4.78, 5) is 12.0. The predicted molar refractivity (Wildman–Crippen MR) is 73.6 cm³/mol. The average Bonchev–Trinajstić information content (AvgIpc) is 3.02. The Kier molecular flexibility index (Phi) is 3.49. The van der Waals surface area contributed by atoms with Crippen molar-refractivity contribution >= 4 is 5.78 Å². The number of Topliss-reactive ketones (excluding diaryl/α,β-unsaturated/α-hetero) is 1. The maximum Gasteiger partial charge on any atom is 0.162 e. The van der Waals surface area contributed by atoms with Gasteiger partial charge in [-0.25, -0.2) is 0 Å². The molecule has 0 aliphatic heterocycles. The molecule has 3 rings (SSSR count). The van der Waals surface area contributed by atoms with Gasteiger partial charge < -0.3 is 0 Å². The lowest BCUT2D eigenvalue weighted by Crippen LogP contribution is -2.11. The molecule has 2 saturated carbocycles. The maximum absolute atomic E-state index is 12.0. The second-order valence-corrected chi connectivity index (χ2v) is 6.12. The molecule has 0 radical (unpaired) electrons. The van der Waals surface area contributed by atoms with Crippen LogP contribution in [0.25, 0.3) is 0 Å². The Bertz CT molecular complexity index is 409. The van der Waals surface area contributed by atoms with E-state index in [1.165, 1.54) is 32.1 Å². The molecule has 2 aliphatic carbocycles. The molecule has 3 atom stereocenters. The van der Waals surface area contributed by atoms with Crippen molar-refractivity contribution in [3.05, 3.63) is 35.9 Å². The molecule has 0 N–H and O–H groups in total. The number of rotatable bonds is 5. The molecule has 0 heterocycles. The standard InChI is InChI=1S/C17H22O/c18-17(14-5-2-1-3-6-14)8-4-7-15-11-13-9-10-16(15)12-13/h1-3,5-6,13,15-16H,4,7-12H2. The van der Waals surface area contributed by atoms with E-state index in [1.54, 1.807) is 0 Å².